The minimum atomic E-state index is -0.222. The van der Waals surface area contributed by atoms with Crippen molar-refractivity contribution in [2.75, 3.05) is 7.11 Å². The van der Waals surface area contributed by atoms with Crippen molar-refractivity contribution in [1.82, 2.24) is 5.32 Å². The van der Waals surface area contributed by atoms with E-state index in [1.807, 2.05) is 0 Å². The lowest BCUT2D eigenvalue weighted by Gasteiger charge is -2.30. The van der Waals surface area contributed by atoms with Crippen molar-refractivity contribution in [3.8, 4) is 0 Å². The highest BCUT2D eigenvalue weighted by molar-refractivity contribution is 5.77. The van der Waals surface area contributed by atoms with E-state index < -0.39 is 0 Å². The van der Waals surface area contributed by atoms with Gasteiger partial charge in [0.15, 0.2) is 0 Å². The van der Waals surface area contributed by atoms with Crippen molar-refractivity contribution in [3.63, 3.8) is 0 Å². The van der Waals surface area contributed by atoms with Crippen molar-refractivity contribution >= 4 is 11.9 Å². The predicted molar refractivity (Wildman–Crippen MR) is 73.4 cm³/mol. The lowest BCUT2D eigenvalue weighted by molar-refractivity contribution is -0.143. The molecule has 1 fully saturated rings. The van der Waals surface area contributed by atoms with Gasteiger partial charge in [-0.05, 0) is 32.1 Å². The summed E-state index contributed by atoms with van der Waals surface area (Å²) in [6.07, 6.45) is 6.29. The average molecular weight is 270 g/mol. The summed E-state index contributed by atoms with van der Waals surface area (Å²) >= 11 is 0. The number of primary amides is 1. The molecule has 1 atom stereocenters. The molecule has 5 nitrogen and oxygen atoms in total. The number of nitrogens with two attached hydrogens (primary N) is 1. The molecule has 5 heteroatoms. The molecule has 0 aromatic carbocycles. The van der Waals surface area contributed by atoms with Crippen LogP contribution in [0.2, 0.25) is 0 Å². The molecule has 0 aromatic heterocycles. The zero-order valence-corrected chi connectivity index (χ0v) is 12.0. The minimum absolute atomic E-state index is 0.00488. The Balaban J connectivity index is 2.42. The van der Waals surface area contributed by atoms with Gasteiger partial charge in [0.05, 0.1) is 7.11 Å². The molecule has 1 rings (SSSR count). The van der Waals surface area contributed by atoms with Gasteiger partial charge in [0.2, 0.25) is 5.91 Å². The molecular formula is C14H26N2O3. The number of esters is 1. The van der Waals surface area contributed by atoms with Crippen molar-refractivity contribution in [3.05, 3.63) is 0 Å². The summed E-state index contributed by atoms with van der Waals surface area (Å²) < 4.78 is 4.83. The lowest BCUT2D eigenvalue weighted by Crippen LogP contribution is -2.46. The second-order valence-electron chi connectivity index (χ2n) is 5.34. The van der Waals surface area contributed by atoms with Crippen LogP contribution >= 0.6 is 0 Å². The Kier molecular flexibility index (Phi) is 6.84. The first-order valence-electron chi connectivity index (χ1n) is 7.21. The fraction of sp³-hybridized carbons (Fsp3) is 0.857. The van der Waals surface area contributed by atoms with Gasteiger partial charge in [-0.1, -0.05) is 19.8 Å². The van der Waals surface area contributed by atoms with Crippen molar-refractivity contribution in [2.45, 2.75) is 64.0 Å². The molecule has 19 heavy (non-hydrogen) atoms. The second kappa shape index (κ2) is 8.15. The van der Waals surface area contributed by atoms with Crippen molar-refractivity contribution < 1.29 is 14.3 Å². The zero-order valence-electron chi connectivity index (χ0n) is 12.0. The van der Waals surface area contributed by atoms with Crippen LogP contribution in [0.15, 0.2) is 0 Å². The number of amides is 1. The van der Waals surface area contributed by atoms with E-state index in [4.69, 9.17) is 10.5 Å². The highest BCUT2D eigenvalue weighted by Gasteiger charge is 2.28. The number of hydrogen-bond acceptors (Lipinski definition) is 4. The predicted octanol–water partition coefficient (Wildman–Crippen LogP) is 1.35. The lowest BCUT2D eigenvalue weighted by atomic mass is 9.85. The van der Waals surface area contributed by atoms with E-state index in [1.54, 1.807) is 0 Å². The van der Waals surface area contributed by atoms with Crippen LogP contribution in [-0.2, 0) is 14.3 Å². The Morgan fingerprint density at radius 3 is 2.42 bits per heavy atom. The van der Waals surface area contributed by atoms with Crippen LogP contribution in [0.25, 0.3) is 0 Å². The van der Waals surface area contributed by atoms with Crippen LogP contribution in [0, 0.1) is 5.92 Å². The van der Waals surface area contributed by atoms with Crippen LogP contribution in [0.5, 0.6) is 0 Å². The van der Waals surface area contributed by atoms with Gasteiger partial charge in [-0.15, -0.1) is 0 Å². The molecule has 0 heterocycles. The summed E-state index contributed by atoms with van der Waals surface area (Å²) in [6.45, 7) is 2.10. The molecular weight excluding hydrogens is 244 g/mol. The zero-order chi connectivity index (χ0) is 14.3. The van der Waals surface area contributed by atoms with Crippen LogP contribution < -0.4 is 11.1 Å². The Morgan fingerprint density at radius 2 is 1.95 bits per heavy atom. The van der Waals surface area contributed by atoms with Gasteiger partial charge in [-0.2, -0.15) is 0 Å². The third kappa shape index (κ3) is 5.19. The van der Waals surface area contributed by atoms with Gasteiger partial charge in [0.25, 0.3) is 0 Å². The van der Waals surface area contributed by atoms with E-state index in [1.165, 1.54) is 7.11 Å². The van der Waals surface area contributed by atoms with Gasteiger partial charge in [-0.3, -0.25) is 9.59 Å². The van der Waals surface area contributed by atoms with Crippen LogP contribution in [-0.4, -0.2) is 31.1 Å². The number of rotatable bonds is 7. The fourth-order valence-corrected chi connectivity index (χ4v) is 2.65. The maximum atomic E-state index is 11.7. The molecule has 0 aliphatic heterocycles. The Bertz CT molecular complexity index is 299. The molecule has 1 unspecified atom stereocenters. The summed E-state index contributed by atoms with van der Waals surface area (Å²) in [5.41, 5.74) is 5.32. The highest BCUT2D eigenvalue weighted by atomic mass is 16.5. The van der Waals surface area contributed by atoms with Crippen molar-refractivity contribution in [2.24, 2.45) is 11.7 Å². The number of unbranched alkanes of at least 4 members (excludes halogenated alkanes) is 1. The molecule has 1 saturated carbocycles. The van der Waals surface area contributed by atoms with Gasteiger partial charge >= 0.3 is 5.97 Å². The molecule has 0 aromatic rings. The first-order valence-corrected chi connectivity index (χ1v) is 7.21. The topological polar surface area (TPSA) is 81.4 Å². The minimum Gasteiger partial charge on any atom is -0.468 e. The summed E-state index contributed by atoms with van der Waals surface area (Å²) in [6, 6.07) is 0.0663. The first-order chi connectivity index (χ1) is 9.08. The molecule has 3 N–H and O–H groups in total. The average Bonchev–Trinajstić information content (AvgIpc) is 2.43. The monoisotopic (exact) mass is 270 g/mol. The Labute approximate surface area is 115 Å². The van der Waals surface area contributed by atoms with E-state index in [0.29, 0.717) is 0 Å². The molecule has 0 bridgehead atoms. The van der Waals surface area contributed by atoms with E-state index in [9.17, 15) is 9.59 Å². The van der Waals surface area contributed by atoms with Gasteiger partial charge in [-0.25, -0.2) is 0 Å². The summed E-state index contributed by atoms with van der Waals surface area (Å²) in [5.74, 6) is -0.385. The highest BCUT2D eigenvalue weighted by Crippen LogP contribution is 2.24. The SMILES string of the molecule is CCCCC(NC1CCC(C(N)=O)CC1)C(=O)OC. The van der Waals surface area contributed by atoms with Crippen LogP contribution in [0.3, 0.4) is 0 Å². The molecule has 0 saturated heterocycles. The van der Waals surface area contributed by atoms with E-state index >= 15 is 0 Å². The number of carbonyl (C=O) groups is 2. The first kappa shape index (κ1) is 16.0. The van der Waals surface area contributed by atoms with Crippen LogP contribution in [0.1, 0.15) is 51.9 Å². The molecule has 0 radical (unpaired) electrons. The Morgan fingerprint density at radius 1 is 1.32 bits per heavy atom. The number of ether oxygens (including phenoxy) is 1. The molecule has 1 amide bonds. The molecule has 0 spiro atoms. The number of methoxy groups -OCH3 is 1. The number of nitrogens with one attached hydrogen (secondary N) is 1. The summed E-state index contributed by atoms with van der Waals surface area (Å²) in [4.78, 5) is 22.8. The van der Waals surface area contributed by atoms with E-state index in [2.05, 4.69) is 12.2 Å². The van der Waals surface area contributed by atoms with Gasteiger partial charge in [0.1, 0.15) is 6.04 Å². The Hall–Kier alpha value is -1.10. The van der Waals surface area contributed by atoms with Gasteiger partial charge < -0.3 is 15.8 Å². The standard InChI is InChI=1S/C14H26N2O3/c1-3-4-5-12(14(18)19-2)16-11-8-6-10(7-9-11)13(15)17/h10-12,16H,3-9H2,1-2H3,(H2,15,17). The largest absolute Gasteiger partial charge is 0.468 e. The molecule has 110 valence electrons. The normalized spacial score (nSPS) is 24.7. The maximum absolute atomic E-state index is 11.7. The summed E-state index contributed by atoms with van der Waals surface area (Å²) in [7, 11) is 1.42. The second-order valence-corrected chi connectivity index (χ2v) is 5.34. The third-order valence-corrected chi connectivity index (χ3v) is 3.90. The summed E-state index contributed by atoms with van der Waals surface area (Å²) in [5, 5.41) is 3.37. The third-order valence-electron chi connectivity index (χ3n) is 3.90. The molecule has 1 aliphatic rings. The van der Waals surface area contributed by atoms with E-state index in [0.717, 1.165) is 44.9 Å². The maximum Gasteiger partial charge on any atom is 0.322 e. The number of carbonyl (C=O) groups excluding carboxylic acids is 2. The smallest absolute Gasteiger partial charge is 0.322 e. The van der Waals surface area contributed by atoms with Crippen LogP contribution in [0.4, 0.5) is 0 Å². The molecule has 1 aliphatic carbocycles. The fourth-order valence-electron chi connectivity index (χ4n) is 2.65. The quantitative estimate of drug-likeness (QED) is 0.684. The number of hydrogen-bond donors (Lipinski definition) is 2. The van der Waals surface area contributed by atoms with Crippen molar-refractivity contribution in [1.29, 1.82) is 0 Å². The van der Waals surface area contributed by atoms with Gasteiger partial charge in [0, 0.05) is 12.0 Å². The van der Waals surface area contributed by atoms with E-state index in [-0.39, 0.29) is 29.9 Å².